The van der Waals surface area contributed by atoms with E-state index in [1.807, 2.05) is 0 Å². The minimum absolute atomic E-state index is 0.0365. The topological polar surface area (TPSA) is 32.7 Å². The second kappa shape index (κ2) is 4.12. The van der Waals surface area contributed by atoms with Gasteiger partial charge in [0.1, 0.15) is 0 Å². The fourth-order valence-corrected chi connectivity index (χ4v) is 2.85. The molecule has 1 N–H and O–H groups in total. The van der Waals surface area contributed by atoms with E-state index in [9.17, 15) is 5.11 Å². The monoisotopic (exact) mass is 227 g/mol. The van der Waals surface area contributed by atoms with Crippen molar-refractivity contribution >= 4 is 16.3 Å². The number of thiophene rings is 1. The highest BCUT2D eigenvalue weighted by atomic mass is 32.1. The summed E-state index contributed by atoms with van der Waals surface area (Å²) >= 11 is 1.75. The molecule has 0 saturated carbocycles. The first-order valence-electron chi connectivity index (χ1n) is 5.11. The quantitative estimate of drug-likeness (QED) is 0.846. The minimum Gasteiger partial charge on any atom is -0.396 e. The van der Waals surface area contributed by atoms with Crippen molar-refractivity contribution in [2.75, 3.05) is 38.3 Å². The summed E-state index contributed by atoms with van der Waals surface area (Å²) in [5, 5.41) is 12.7. The molecule has 0 amide bonds. The summed E-state index contributed by atoms with van der Waals surface area (Å²) < 4.78 is 5.19. The maximum atomic E-state index is 9.35. The van der Waals surface area contributed by atoms with E-state index in [0.29, 0.717) is 13.2 Å². The third-order valence-corrected chi connectivity index (χ3v) is 4.04. The van der Waals surface area contributed by atoms with E-state index in [-0.39, 0.29) is 12.0 Å². The normalized spacial score (nSPS) is 18.6. The molecule has 1 fully saturated rings. The van der Waals surface area contributed by atoms with E-state index in [1.54, 1.807) is 11.3 Å². The molecule has 0 bridgehead atoms. The van der Waals surface area contributed by atoms with Crippen molar-refractivity contribution in [1.29, 1.82) is 0 Å². The molecule has 1 aromatic heterocycles. The van der Waals surface area contributed by atoms with Gasteiger partial charge >= 0.3 is 0 Å². The first-order valence-corrected chi connectivity index (χ1v) is 5.99. The van der Waals surface area contributed by atoms with Crippen LogP contribution in [0.15, 0.2) is 11.4 Å². The summed E-state index contributed by atoms with van der Waals surface area (Å²) in [6.07, 6.45) is 0. The minimum atomic E-state index is -0.0365. The molecule has 0 unspecified atom stereocenters. The molecule has 0 spiro atoms. The van der Waals surface area contributed by atoms with E-state index < -0.39 is 0 Å². The van der Waals surface area contributed by atoms with Crippen molar-refractivity contribution in [3.05, 3.63) is 17.0 Å². The molecule has 0 radical (unpaired) electrons. The lowest BCUT2D eigenvalue weighted by molar-refractivity contribution is -0.130. The molecule has 2 rings (SSSR count). The van der Waals surface area contributed by atoms with Crippen LogP contribution < -0.4 is 4.90 Å². The molecule has 15 heavy (non-hydrogen) atoms. The van der Waals surface area contributed by atoms with Crippen LogP contribution in [0.2, 0.25) is 0 Å². The van der Waals surface area contributed by atoms with E-state index in [4.69, 9.17) is 4.74 Å². The average molecular weight is 227 g/mol. The number of aliphatic hydroxyl groups is 1. The molecule has 0 atom stereocenters. The zero-order valence-electron chi connectivity index (χ0n) is 9.19. The van der Waals surface area contributed by atoms with Crippen molar-refractivity contribution in [2.45, 2.75) is 6.92 Å². The Balaban J connectivity index is 2.03. The van der Waals surface area contributed by atoms with Crippen LogP contribution in [0.4, 0.5) is 5.00 Å². The fourth-order valence-electron chi connectivity index (χ4n) is 1.95. The number of anilines is 1. The predicted molar refractivity (Wildman–Crippen MR) is 62.7 cm³/mol. The summed E-state index contributed by atoms with van der Waals surface area (Å²) in [6, 6.07) is 2.12. The number of aryl methyl sites for hydroxylation is 1. The van der Waals surface area contributed by atoms with Gasteiger partial charge < -0.3 is 14.7 Å². The molecule has 1 aliphatic rings. The Morgan fingerprint density at radius 1 is 1.60 bits per heavy atom. The number of ether oxygens (including phenoxy) is 1. The second-order valence-corrected chi connectivity index (χ2v) is 5.31. The van der Waals surface area contributed by atoms with Gasteiger partial charge in [0.05, 0.1) is 30.2 Å². The van der Waals surface area contributed by atoms with Crippen LogP contribution in [-0.4, -0.2) is 38.5 Å². The van der Waals surface area contributed by atoms with Crippen LogP contribution in [0.1, 0.15) is 5.56 Å². The van der Waals surface area contributed by atoms with Crippen molar-refractivity contribution in [1.82, 2.24) is 0 Å². The van der Waals surface area contributed by atoms with Gasteiger partial charge in [-0.1, -0.05) is 0 Å². The van der Waals surface area contributed by atoms with Crippen LogP contribution in [0.3, 0.4) is 0 Å². The average Bonchev–Trinajstić information content (AvgIpc) is 2.58. The number of aliphatic hydroxyl groups excluding tert-OH is 1. The van der Waals surface area contributed by atoms with Crippen LogP contribution >= 0.6 is 11.3 Å². The van der Waals surface area contributed by atoms with Gasteiger partial charge in [0.25, 0.3) is 0 Å². The van der Waals surface area contributed by atoms with Gasteiger partial charge in [-0.25, -0.2) is 0 Å². The Morgan fingerprint density at radius 3 is 2.73 bits per heavy atom. The van der Waals surface area contributed by atoms with Gasteiger partial charge in [0, 0.05) is 13.6 Å². The number of hydrogen-bond donors (Lipinski definition) is 1. The highest BCUT2D eigenvalue weighted by molar-refractivity contribution is 7.14. The van der Waals surface area contributed by atoms with E-state index >= 15 is 0 Å². The lowest BCUT2D eigenvalue weighted by Gasteiger charge is -2.42. The van der Waals surface area contributed by atoms with E-state index in [2.05, 4.69) is 30.3 Å². The zero-order valence-corrected chi connectivity index (χ0v) is 10.0. The standard InChI is InChI=1S/C11H17NO2S/c1-9-3-4-15-10(9)12(2)5-11(6-13)7-14-8-11/h3-4,13H,5-8H2,1-2H3. The number of hydrogen-bond acceptors (Lipinski definition) is 4. The highest BCUT2D eigenvalue weighted by Crippen LogP contribution is 2.32. The predicted octanol–water partition coefficient (Wildman–Crippen LogP) is 1.50. The molecule has 3 nitrogen and oxygen atoms in total. The third-order valence-electron chi connectivity index (χ3n) is 2.91. The molecule has 2 heterocycles. The van der Waals surface area contributed by atoms with Crippen molar-refractivity contribution < 1.29 is 9.84 Å². The molecule has 1 saturated heterocycles. The van der Waals surface area contributed by atoms with Crippen LogP contribution in [0.5, 0.6) is 0 Å². The molecule has 4 heteroatoms. The Labute approximate surface area is 94.3 Å². The lowest BCUT2D eigenvalue weighted by Crippen LogP contribution is -2.52. The van der Waals surface area contributed by atoms with Gasteiger partial charge in [-0.3, -0.25) is 0 Å². The second-order valence-electron chi connectivity index (χ2n) is 4.42. The van der Waals surface area contributed by atoms with Gasteiger partial charge in [-0.15, -0.1) is 11.3 Å². The van der Waals surface area contributed by atoms with Crippen molar-refractivity contribution in [2.24, 2.45) is 5.41 Å². The summed E-state index contributed by atoms with van der Waals surface area (Å²) in [5.41, 5.74) is 1.27. The first-order chi connectivity index (χ1) is 7.17. The van der Waals surface area contributed by atoms with Gasteiger partial charge in [0.15, 0.2) is 0 Å². The third kappa shape index (κ3) is 2.02. The summed E-state index contributed by atoms with van der Waals surface area (Å²) in [7, 11) is 2.08. The van der Waals surface area contributed by atoms with Gasteiger partial charge in [0.2, 0.25) is 0 Å². The molecule has 0 aliphatic carbocycles. The maximum absolute atomic E-state index is 9.35. The van der Waals surface area contributed by atoms with E-state index in [0.717, 1.165) is 6.54 Å². The smallest absolute Gasteiger partial charge is 0.0935 e. The SMILES string of the molecule is Cc1ccsc1N(C)CC1(CO)COC1. The summed E-state index contributed by atoms with van der Waals surface area (Å²) in [4.78, 5) is 2.22. The van der Waals surface area contributed by atoms with Gasteiger partial charge in [-0.05, 0) is 23.9 Å². The van der Waals surface area contributed by atoms with Crippen molar-refractivity contribution in [3.8, 4) is 0 Å². The van der Waals surface area contributed by atoms with E-state index in [1.165, 1.54) is 10.6 Å². The van der Waals surface area contributed by atoms with Crippen LogP contribution in [0, 0.1) is 12.3 Å². The maximum Gasteiger partial charge on any atom is 0.0935 e. The van der Waals surface area contributed by atoms with Crippen LogP contribution in [-0.2, 0) is 4.74 Å². The Morgan fingerprint density at radius 2 is 2.33 bits per heavy atom. The number of nitrogens with zero attached hydrogens (tertiary/aromatic N) is 1. The Kier molecular flexibility index (Phi) is 3.00. The van der Waals surface area contributed by atoms with Gasteiger partial charge in [-0.2, -0.15) is 0 Å². The largest absolute Gasteiger partial charge is 0.396 e. The summed E-state index contributed by atoms with van der Waals surface area (Å²) in [5.74, 6) is 0. The molecule has 0 aromatic carbocycles. The highest BCUT2D eigenvalue weighted by Gasteiger charge is 2.39. The molecule has 84 valence electrons. The lowest BCUT2D eigenvalue weighted by atomic mass is 9.86. The molecule has 1 aromatic rings. The summed E-state index contributed by atoms with van der Waals surface area (Å²) in [6.45, 7) is 4.55. The Bertz CT molecular complexity index is 328. The molecular weight excluding hydrogens is 210 g/mol. The zero-order chi connectivity index (χ0) is 10.9. The van der Waals surface area contributed by atoms with Crippen LogP contribution in [0.25, 0.3) is 0 Å². The molecule has 1 aliphatic heterocycles. The first kappa shape index (κ1) is 10.9. The van der Waals surface area contributed by atoms with Crippen molar-refractivity contribution in [3.63, 3.8) is 0 Å². The fraction of sp³-hybridized carbons (Fsp3) is 0.636. The molecular formula is C11H17NO2S. The number of rotatable bonds is 4. The Hall–Kier alpha value is -0.580.